The second kappa shape index (κ2) is 10.5. The van der Waals surface area contributed by atoms with Gasteiger partial charge in [0.15, 0.2) is 0 Å². The average Bonchev–Trinajstić information content (AvgIpc) is 3.12. The number of benzene rings is 3. The Morgan fingerprint density at radius 1 is 1.00 bits per heavy atom. The number of nitrogens with one attached hydrogen (secondary N) is 2. The summed E-state index contributed by atoms with van der Waals surface area (Å²) in [5.41, 5.74) is 1.76. The number of nitrogens with zero attached hydrogens (tertiary/aromatic N) is 1. The Bertz CT molecular complexity index is 1290. The number of methoxy groups -OCH3 is 1. The van der Waals surface area contributed by atoms with Gasteiger partial charge in [-0.15, -0.1) is 0 Å². The standard InChI is InChI=1S/C26H22FN3O5/c1-34-23-9-5-3-7-20(23)28-24(31)15-30-25(32)21(29-26(30)33)14-18-6-2-4-8-22(18)35-16-17-10-12-19(27)13-11-17/h2-14H,15-16H2,1H3,(H,28,31)(H,29,33)/b21-14+. The number of hydrogen-bond donors (Lipinski definition) is 2. The molecule has 4 amide bonds. The minimum atomic E-state index is -0.707. The molecule has 178 valence electrons. The lowest BCUT2D eigenvalue weighted by Gasteiger charge is -2.13. The van der Waals surface area contributed by atoms with Crippen molar-refractivity contribution in [2.75, 3.05) is 19.0 Å². The summed E-state index contributed by atoms with van der Waals surface area (Å²) >= 11 is 0. The number of imide groups is 1. The fourth-order valence-electron chi connectivity index (χ4n) is 3.42. The van der Waals surface area contributed by atoms with Crippen molar-refractivity contribution >= 4 is 29.6 Å². The first-order chi connectivity index (χ1) is 16.9. The average molecular weight is 475 g/mol. The van der Waals surface area contributed by atoms with E-state index in [0.29, 0.717) is 22.7 Å². The number of anilines is 1. The van der Waals surface area contributed by atoms with Gasteiger partial charge in [-0.2, -0.15) is 0 Å². The molecule has 1 aliphatic rings. The first kappa shape index (κ1) is 23.5. The quantitative estimate of drug-likeness (QED) is 0.380. The third-order valence-electron chi connectivity index (χ3n) is 5.17. The summed E-state index contributed by atoms with van der Waals surface area (Å²) in [6.45, 7) is -0.279. The van der Waals surface area contributed by atoms with Crippen LogP contribution in [0.15, 0.2) is 78.5 Å². The van der Waals surface area contributed by atoms with E-state index in [-0.39, 0.29) is 18.1 Å². The second-order valence-electron chi connectivity index (χ2n) is 7.58. The number of rotatable bonds is 8. The van der Waals surface area contributed by atoms with Gasteiger partial charge in [-0.1, -0.05) is 42.5 Å². The topological polar surface area (TPSA) is 97.0 Å². The molecule has 0 aliphatic carbocycles. The van der Waals surface area contributed by atoms with Gasteiger partial charge in [0, 0.05) is 5.56 Å². The smallest absolute Gasteiger partial charge is 0.329 e. The molecular formula is C26H22FN3O5. The maximum Gasteiger partial charge on any atom is 0.329 e. The molecule has 2 N–H and O–H groups in total. The zero-order valence-corrected chi connectivity index (χ0v) is 18.8. The number of carbonyl (C=O) groups excluding carboxylic acids is 3. The minimum absolute atomic E-state index is 0.0120. The van der Waals surface area contributed by atoms with Crippen LogP contribution in [0.25, 0.3) is 6.08 Å². The third-order valence-corrected chi connectivity index (χ3v) is 5.17. The van der Waals surface area contributed by atoms with Gasteiger partial charge in [0.2, 0.25) is 5.91 Å². The molecule has 9 heteroatoms. The Balaban J connectivity index is 1.45. The molecule has 0 unspecified atom stereocenters. The summed E-state index contributed by atoms with van der Waals surface area (Å²) in [5.74, 6) is -0.606. The molecular weight excluding hydrogens is 453 g/mol. The number of halogens is 1. The zero-order valence-electron chi connectivity index (χ0n) is 18.8. The lowest BCUT2D eigenvalue weighted by Crippen LogP contribution is -2.38. The summed E-state index contributed by atoms with van der Waals surface area (Å²) in [6, 6.07) is 19.0. The molecule has 4 rings (SSSR count). The van der Waals surface area contributed by atoms with Crippen molar-refractivity contribution in [1.82, 2.24) is 10.2 Å². The van der Waals surface area contributed by atoms with E-state index >= 15 is 0 Å². The van der Waals surface area contributed by atoms with Gasteiger partial charge in [0.05, 0.1) is 12.8 Å². The van der Waals surface area contributed by atoms with Crippen LogP contribution in [0, 0.1) is 5.82 Å². The molecule has 3 aromatic carbocycles. The van der Waals surface area contributed by atoms with Crippen LogP contribution in [0.5, 0.6) is 11.5 Å². The van der Waals surface area contributed by atoms with Gasteiger partial charge in [0.1, 0.15) is 36.2 Å². The summed E-state index contributed by atoms with van der Waals surface area (Å²) in [4.78, 5) is 38.6. The van der Waals surface area contributed by atoms with E-state index in [0.717, 1.165) is 10.5 Å². The number of para-hydroxylation sites is 3. The minimum Gasteiger partial charge on any atom is -0.495 e. The molecule has 1 saturated heterocycles. The molecule has 3 aromatic rings. The van der Waals surface area contributed by atoms with Crippen LogP contribution in [0.4, 0.5) is 14.9 Å². The zero-order chi connectivity index (χ0) is 24.8. The molecule has 0 aromatic heterocycles. The monoisotopic (exact) mass is 475 g/mol. The maximum absolute atomic E-state index is 13.1. The van der Waals surface area contributed by atoms with Gasteiger partial charge in [-0.05, 0) is 42.0 Å². The van der Waals surface area contributed by atoms with Gasteiger partial charge >= 0.3 is 6.03 Å². The van der Waals surface area contributed by atoms with Crippen molar-refractivity contribution < 1.29 is 28.2 Å². The molecule has 1 heterocycles. The Hall–Kier alpha value is -4.66. The van der Waals surface area contributed by atoms with E-state index in [1.54, 1.807) is 60.7 Å². The van der Waals surface area contributed by atoms with Gasteiger partial charge in [-0.25, -0.2) is 14.1 Å². The van der Waals surface area contributed by atoms with Gasteiger partial charge < -0.3 is 20.1 Å². The lowest BCUT2D eigenvalue weighted by molar-refractivity contribution is -0.127. The van der Waals surface area contributed by atoms with Crippen LogP contribution in [-0.2, 0) is 16.2 Å². The molecule has 0 radical (unpaired) electrons. The Labute approximate surface area is 201 Å². The number of carbonyl (C=O) groups is 3. The number of urea groups is 1. The first-order valence-electron chi connectivity index (χ1n) is 10.7. The Kier molecular flexibility index (Phi) is 7.06. The summed E-state index contributed by atoms with van der Waals surface area (Å²) in [5, 5.41) is 5.14. The van der Waals surface area contributed by atoms with E-state index in [2.05, 4.69) is 10.6 Å². The number of hydrogen-bond acceptors (Lipinski definition) is 5. The first-order valence-corrected chi connectivity index (χ1v) is 10.7. The molecule has 0 atom stereocenters. The predicted octanol–water partition coefficient (Wildman–Crippen LogP) is 3.94. The van der Waals surface area contributed by atoms with E-state index < -0.39 is 24.4 Å². The van der Waals surface area contributed by atoms with E-state index in [1.165, 1.54) is 25.3 Å². The van der Waals surface area contributed by atoms with Crippen molar-refractivity contribution in [2.45, 2.75) is 6.61 Å². The highest BCUT2D eigenvalue weighted by atomic mass is 19.1. The Morgan fingerprint density at radius 2 is 1.69 bits per heavy atom. The Morgan fingerprint density at radius 3 is 2.43 bits per heavy atom. The van der Waals surface area contributed by atoms with Gasteiger partial charge in [-0.3, -0.25) is 9.59 Å². The predicted molar refractivity (Wildman–Crippen MR) is 127 cm³/mol. The van der Waals surface area contributed by atoms with Crippen LogP contribution in [0.1, 0.15) is 11.1 Å². The van der Waals surface area contributed by atoms with Crippen molar-refractivity contribution in [2.24, 2.45) is 0 Å². The number of amides is 4. The van der Waals surface area contributed by atoms with Crippen LogP contribution >= 0.6 is 0 Å². The van der Waals surface area contributed by atoms with Crippen LogP contribution in [0.2, 0.25) is 0 Å². The highest BCUT2D eigenvalue weighted by Crippen LogP contribution is 2.25. The summed E-state index contributed by atoms with van der Waals surface area (Å²) in [7, 11) is 1.47. The molecule has 8 nitrogen and oxygen atoms in total. The SMILES string of the molecule is COc1ccccc1NC(=O)CN1C(=O)N/C(=C/c2ccccc2OCc2ccc(F)cc2)C1=O. The van der Waals surface area contributed by atoms with Crippen molar-refractivity contribution in [1.29, 1.82) is 0 Å². The fourth-order valence-corrected chi connectivity index (χ4v) is 3.42. The van der Waals surface area contributed by atoms with E-state index in [1.807, 2.05) is 0 Å². The van der Waals surface area contributed by atoms with Gasteiger partial charge in [0.25, 0.3) is 5.91 Å². The van der Waals surface area contributed by atoms with Crippen LogP contribution < -0.4 is 20.1 Å². The molecule has 0 spiro atoms. The molecule has 35 heavy (non-hydrogen) atoms. The van der Waals surface area contributed by atoms with E-state index in [4.69, 9.17) is 9.47 Å². The van der Waals surface area contributed by atoms with E-state index in [9.17, 15) is 18.8 Å². The second-order valence-corrected chi connectivity index (χ2v) is 7.58. The molecule has 1 fully saturated rings. The largest absolute Gasteiger partial charge is 0.495 e. The summed E-state index contributed by atoms with van der Waals surface area (Å²) < 4.78 is 24.1. The van der Waals surface area contributed by atoms with Crippen molar-refractivity contribution in [3.8, 4) is 11.5 Å². The lowest BCUT2D eigenvalue weighted by atomic mass is 10.1. The highest BCUT2D eigenvalue weighted by Gasteiger charge is 2.35. The highest BCUT2D eigenvalue weighted by molar-refractivity contribution is 6.16. The van der Waals surface area contributed by atoms with Crippen molar-refractivity contribution in [3.05, 3.63) is 95.4 Å². The van der Waals surface area contributed by atoms with Crippen LogP contribution in [-0.4, -0.2) is 36.4 Å². The third kappa shape index (κ3) is 5.64. The fraction of sp³-hybridized carbons (Fsp3) is 0.115. The van der Waals surface area contributed by atoms with Crippen LogP contribution in [0.3, 0.4) is 0 Å². The molecule has 0 saturated carbocycles. The molecule has 0 bridgehead atoms. The normalized spacial score (nSPS) is 14.1. The van der Waals surface area contributed by atoms with Crippen molar-refractivity contribution in [3.63, 3.8) is 0 Å². The number of ether oxygens (including phenoxy) is 2. The molecule has 1 aliphatic heterocycles. The maximum atomic E-state index is 13.1. The summed E-state index contributed by atoms with van der Waals surface area (Å²) in [6.07, 6.45) is 1.48.